The molecule has 0 aromatic heterocycles. The average molecular weight is 259 g/mol. The third-order valence-corrected chi connectivity index (χ3v) is 2.78. The maximum Gasteiger partial charge on any atom is 0.410 e. The van der Waals surface area contributed by atoms with Crippen LogP contribution in [-0.2, 0) is 9.47 Å². The van der Waals surface area contributed by atoms with E-state index in [9.17, 15) is 4.79 Å². The van der Waals surface area contributed by atoms with Gasteiger partial charge in [0.25, 0.3) is 0 Å². The number of hydrogen-bond acceptors (Lipinski definition) is 4. The maximum absolute atomic E-state index is 11.8. The Balaban J connectivity index is 2.33. The molecule has 5 nitrogen and oxygen atoms in total. The highest BCUT2D eigenvalue weighted by Crippen LogP contribution is 2.18. The number of piperidine rings is 1. The Bertz CT molecular complexity index is 267. The number of carbonyl (C=O) groups excluding carboxylic acids is 1. The van der Waals surface area contributed by atoms with E-state index in [1.54, 1.807) is 4.90 Å². The summed E-state index contributed by atoms with van der Waals surface area (Å²) in [4.78, 5) is 13.5. The number of likely N-dealkylation sites (tertiary alicyclic amines) is 1. The zero-order chi connectivity index (χ0) is 13.8. The summed E-state index contributed by atoms with van der Waals surface area (Å²) in [5.74, 6) is 0. The first-order valence-corrected chi connectivity index (χ1v) is 6.56. The van der Waals surface area contributed by atoms with Gasteiger partial charge in [-0.2, -0.15) is 0 Å². The Morgan fingerprint density at radius 3 is 2.39 bits per heavy atom. The van der Waals surface area contributed by atoms with Gasteiger partial charge in [0, 0.05) is 13.1 Å². The minimum absolute atomic E-state index is 0.0340. The van der Waals surface area contributed by atoms with Gasteiger partial charge in [-0.05, 0) is 40.5 Å². The Morgan fingerprint density at radius 1 is 1.39 bits per heavy atom. The second-order valence-electron chi connectivity index (χ2n) is 5.80. The summed E-state index contributed by atoms with van der Waals surface area (Å²) in [5, 5.41) is 8.92. The summed E-state index contributed by atoms with van der Waals surface area (Å²) in [7, 11) is 0. The average Bonchev–Trinajstić information content (AvgIpc) is 2.27. The molecule has 5 heteroatoms. The second-order valence-corrected chi connectivity index (χ2v) is 5.80. The smallest absolute Gasteiger partial charge is 0.410 e. The van der Waals surface area contributed by atoms with Gasteiger partial charge in [0.05, 0.1) is 18.8 Å². The molecule has 0 saturated carbocycles. The van der Waals surface area contributed by atoms with Crippen LogP contribution in [0.3, 0.4) is 0 Å². The van der Waals surface area contributed by atoms with E-state index in [2.05, 4.69) is 0 Å². The van der Waals surface area contributed by atoms with Crippen LogP contribution in [0, 0.1) is 0 Å². The molecule has 1 fully saturated rings. The van der Waals surface area contributed by atoms with E-state index in [0.717, 1.165) is 12.8 Å². The Labute approximate surface area is 109 Å². The molecule has 1 rings (SSSR count). The third-order valence-electron chi connectivity index (χ3n) is 2.78. The fourth-order valence-corrected chi connectivity index (χ4v) is 1.87. The number of rotatable bonds is 3. The molecule has 1 saturated heterocycles. The molecule has 18 heavy (non-hydrogen) atoms. The van der Waals surface area contributed by atoms with Crippen molar-refractivity contribution in [2.24, 2.45) is 0 Å². The monoisotopic (exact) mass is 259 g/mol. The number of aliphatic hydroxyl groups excluding tert-OH is 1. The number of carbonyl (C=O) groups is 1. The van der Waals surface area contributed by atoms with E-state index >= 15 is 0 Å². The molecule has 1 N–H and O–H groups in total. The number of nitrogens with zero attached hydrogens (tertiary/aromatic N) is 1. The maximum atomic E-state index is 11.8. The van der Waals surface area contributed by atoms with Gasteiger partial charge in [0.2, 0.25) is 0 Å². The highest BCUT2D eigenvalue weighted by molar-refractivity contribution is 5.68. The van der Waals surface area contributed by atoms with Gasteiger partial charge in [0.1, 0.15) is 5.60 Å². The summed E-state index contributed by atoms with van der Waals surface area (Å²) < 4.78 is 11.0. The van der Waals surface area contributed by atoms with E-state index in [1.807, 2.05) is 27.7 Å². The molecular formula is C13H25NO4. The lowest BCUT2D eigenvalue weighted by atomic mass is 10.1. The summed E-state index contributed by atoms with van der Waals surface area (Å²) in [6.07, 6.45) is 1.33. The molecule has 1 atom stereocenters. The lowest BCUT2D eigenvalue weighted by Crippen LogP contribution is -2.44. The first-order chi connectivity index (χ1) is 8.31. The van der Waals surface area contributed by atoms with Crippen molar-refractivity contribution < 1.29 is 19.4 Å². The van der Waals surface area contributed by atoms with Crippen LogP contribution in [0.1, 0.15) is 40.5 Å². The second kappa shape index (κ2) is 6.38. The highest BCUT2D eigenvalue weighted by Gasteiger charge is 2.27. The van der Waals surface area contributed by atoms with Crippen molar-refractivity contribution in [3.8, 4) is 0 Å². The van der Waals surface area contributed by atoms with Crippen molar-refractivity contribution in [1.82, 2.24) is 4.90 Å². The lowest BCUT2D eigenvalue weighted by molar-refractivity contribution is -0.0564. The van der Waals surface area contributed by atoms with Crippen molar-refractivity contribution in [1.29, 1.82) is 0 Å². The summed E-state index contributed by atoms with van der Waals surface area (Å²) in [6.45, 7) is 8.78. The van der Waals surface area contributed by atoms with Gasteiger partial charge >= 0.3 is 6.09 Å². The first kappa shape index (κ1) is 15.2. The Hall–Kier alpha value is -0.810. The minimum atomic E-state index is -0.449. The molecule has 0 aliphatic carbocycles. The van der Waals surface area contributed by atoms with E-state index < -0.39 is 5.60 Å². The number of hydrogen-bond donors (Lipinski definition) is 1. The summed E-state index contributed by atoms with van der Waals surface area (Å²) >= 11 is 0. The summed E-state index contributed by atoms with van der Waals surface area (Å²) in [6, 6.07) is 0. The molecule has 0 aromatic rings. The van der Waals surface area contributed by atoms with Crippen LogP contribution >= 0.6 is 0 Å². The summed E-state index contributed by atoms with van der Waals surface area (Å²) in [5.41, 5.74) is -0.449. The van der Waals surface area contributed by atoms with Crippen LogP contribution in [0.2, 0.25) is 0 Å². The topological polar surface area (TPSA) is 59.0 Å². The van der Waals surface area contributed by atoms with Crippen LogP contribution in [0.15, 0.2) is 0 Å². The van der Waals surface area contributed by atoms with Crippen molar-refractivity contribution >= 4 is 6.09 Å². The zero-order valence-corrected chi connectivity index (χ0v) is 11.8. The van der Waals surface area contributed by atoms with Gasteiger partial charge in [-0.15, -0.1) is 0 Å². The fraction of sp³-hybridized carbons (Fsp3) is 0.923. The van der Waals surface area contributed by atoms with Crippen molar-refractivity contribution in [3.05, 3.63) is 0 Å². The number of ether oxygens (including phenoxy) is 2. The van der Waals surface area contributed by atoms with Gasteiger partial charge in [0.15, 0.2) is 0 Å². The van der Waals surface area contributed by atoms with E-state index in [-0.39, 0.29) is 24.9 Å². The molecule has 1 amide bonds. The van der Waals surface area contributed by atoms with Gasteiger partial charge in [-0.25, -0.2) is 4.79 Å². The molecule has 1 unspecified atom stereocenters. The molecule has 1 aliphatic heterocycles. The minimum Gasteiger partial charge on any atom is -0.444 e. The molecule has 0 spiro atoms. The number of aliphatic hydroxyl groups is 1. The Morgan fingerprint density at radius 2 is 1.94 bits per heavy atom. The standard InChI is InChI=1S/C13H25NO4/c1-10(9-15)17-11-5-7-14(8-6-11)12(16)18-13(2,3)4/h10-11,15H,5-9H2,1-4H3. The normalized spacial score (nSPS) is 19.7. The van der Waals surface area contributed by atoms with Gasteiger partial charge in [-0.3, -0.25) is 0 Å². The van der Waals surface area contributed by atoms with Crippen LogP contribution < -0.4 is 0 Å². The fourth-order valence-electron chi connectivity index (χ4n) is 1.87. The van der Waals surface area contributed by atoms with Gasteiger partial charge < -0.3 is 19.5 Å². The van der Waals surface area contributed by atoms with Crippen molar-refractivity contribution in [3.63, 3.8) is 0 Å². The lowest BCUT2D eigenvalue weighted by Gasteiger charge is -2.34. The zero-order valence-electron chi connectivity index (χ0n) is 11.8. The van der Waals surface area contributed by atoms with E-state index in [1.165, 1.54) is 0 Å². The molecule has 0 aromatic carbocycles. The van der Waals surface area contributed by atoms with Crippen LogP contribution in [0.25, 0.3) is 0 Å². The van der Waals surface area contributed by atoms with E-state index in [4.69, 9.17) is 14.6 Å². The van der Waals surface area contributed by atoms with Crippen LogP contribution in [0.4, 0.5) is 4.79 Å². The molecule has 1 aliphatic rings. The molecule has 0 radical (unpaired) electrons. The van der Waals surface area contributed by atoms with Crippen molar-refractivity contribution in [2.45, 2.75) is 58.3 Å². The number of amides is 1. The molecule has 106 valence electrons. The Kier molecular flexibility index (Phi) is 5.41. The molecule has 1 heterocycles. The van der Waals surface area contributed by atoms with Crippen molar-refractivity contribution in [2.75, 3.05) is 19.7 Å². The first-order valence-electron chi connectivity index (χ1n) is 6.56. The predicted molar refractivity (Wildman–Crippen MR) is 68.5 cm³/mol. The van der Waals surface area contributed by atoms with Gasteiger partial charge in [-0.1, -0.05) is 0 Å². The quantitative estimate of drug-likeness (QED) is 0.839. The third kappa shape index (κ3) is 5.23. The SMILES string of the molecule is CC(CO)OC1CCN(C(=O)OC(C)(C)C)CC1. The molecule has 0 bridgehead atoms. The largest absolute Gasteiger partial charge is 0.444 e. The molecular weight excluding hydrogens is 234 g/mol. The highest BCUT2D eigenvalue weighted by atomic mass is 16.6. The van der Waals surface area contributed by atoms with Crippen LogP contribution in [-0.4, -0.2) is 53.6 Å². The van der Waals surface area contributed by atoms with Crippen LogP contribution in [0.5, 0.6) is 0 Å². The predicted octanol–water partition coefficient (Wildman–Crippen LogP) is 1.78. The van der Waals surface area contributed by atoms with E-state index in [0.29, 0.717) is 13.1 Å².